The van der Waals surface area contributed by atoms with Crippen molar-refractivity contribution < 1.29 is 0 Å². The van der Waals surface area contributed by atoms with Crippen LogP contribution in [0.4, 0.5) is 17.1 Å². The van der Waals surface area contributed by atoms with Gasteiger partial charge in [-0.15, -0.1) is 0 Å². The van der Waals surface area contributed by atoms with Crippen molar-refractivity contribution in [3.63, 3.8) is 0 Å². The van der Waals surface area contributed by atoms with Crippen molar-refractivity contribution in [2.75, 3.05) is 56.2 Å². The summed E-state index contributed by atoms with van der Waals surface area (Å²) in [7, 11) is 4.08. The first kappa shape index (κ1) is 12.0. The Morgan fingerprint density at radius 2 is 1.82 bits per heavy atom. The zero-order valence-corrected chi connectivity index (χ0v) is 11.0. The molecule has 1 aliphatic rings. The second-order valence-electron chi connectivity index (χ2n) is 4.77. The topological polar surface area (TPSA) is 44.5 Å². The summed E-state index contributed by atoms with van der Waals surface area (Å²) in [5.41, 5.74) is 10.4. The number of piperazine rings is 1. The van der Waals surface area contributed by atoms with E-state index in [1.807, 2.05) is 7.05 Å². The minimum Gasteiger partial charge on any atom is -0.397 e. The highest BCUT2D eigenvalue weighted by Gasteiger charge is 2.16. The molecular weight excluding hydrogens is 212 g/mol. The Balaban J connectivity index is 2.25. The van der Waals surface area contributed by atoms with Crippen molar-refractivity contribution in [2.24, 2.45) is 0 Å². The molecule has 1 aliphatic heterocycles. The highest BCUT2D eigenvalue weighted by molar-refractivity contribution is 5.74. The molecule has 1 aromatic rings. The second-order valence-corrected chi connectivity index (χ2v) is 4.77. The van der Waals surface area contributed by atoms with Crippen LogP contribution < -0.4 is 16.0 Å². The highest BCUT2D eigenvalue weighted by Crippen LogP contribution is 2.29. The average Bonchev–Trinajstić information content (AvgIpc) is 2.31. The molecule has 17 heavy (non-hydrogen) atoms. The Bertz CT molecular complexity index is 395. The minimum absolute atomic E-state index is 0.822. The number of nitrogens with zero attached hydrogens (tertiary/aromatic N) is 2. The van der Waals surface area contributed by atoms with Gasteiger partial charge in [-0.25, -0.2) is 0 Å². The summed E-state index contributed by atoms with van der Waals surface area (Å²) in [6.07, 6.45) is 0. The lowest BCUT2D eigenvalue weighted by molar-refractivity contribution is 0.312. The van der Waals surface area contributed by atoms with Crippen LogP contribution in [0.15, 0.2) is 12.1 Å². The Labute approximate surface area is 103 Å². The van der Waals surface area contributed by atoms with E-state index in [0.717, 1.165) is 37.6 Å². The maximum absolute atomic E-state index is 5.96. The quantitative estimate of drug-likeness (QED) is 0.759. The van der Waals surface area contributed by atoms with Gasteiger partial charge in [0.2, 0.25) is 0 Å². The van der Waals surface area contributed by atoms with Crippen LogP contribution in [-0.4, -0.2) is 45.2 Å². The van der Waals surface area contributed by atoms with Gasteiger partial charge in [-0.1, -0.05) is 0 Å². The summed E-state index contributed by atoms with van der Waals surface area (Å²) in [6.45, 7) is 6.55. The molecule has 0 bridgehead atoms. The Morgan fingerprint density at radius 1 is 1.18 bits per heavy atom. The monoisotopic (exact) mass is 234 g/mol. The molecule has 1 saturated heterocycles. The molecule has 1 fully saturated rings. The Hall–Kier alpha value is -1.42. The number of benzene rings is 1. The third-order valence-electron chi connectivity index (χ3n) is 3.48. The molecule has 2 rings (SSSR count). The number of anilines is 3. The predicted octanol–water partition coefficient (Wildman–Crippen LogP) is 1.37. The molecule has 0 aromatic heterocycles. The van der Waals surface area contributed by atoms with E-state index in [-0.39, 0.29) is 0 Å². The van der Waals surface area contributed by atoms with Gasteiger partial charge in [0.05, 0.1) is 11.4 Å². The van der Waals surface area contributed by atoms with Crippen molar-refractivity contribution >= 4 is 17.1 Å². The van der Waals surface area contributed by atoms with Crippen LogP contribution >= 0.6 is 0 Å². The summed E-state index contributed by atoms with van der Waals surface area (Å²) < 4.78 is 0. The molecule has 0 spiro atoms. The van der Waals surface area contributed by atoms with E-state index in [1.165, 1.54) is 11.3 Å². The number of likely N-dealkylation sites (N-methyl/N-ethyl adjacent to an activating group) is 1. The maximum Gasteiger partial charge on any atom is 0.0592 e. The molecule has 1 aromatic carbocycles. The first-order valence-corrected chi connectivity index (χ1v) is 6.13. The van der Waals surface area contributed by atoms with Gasteiger partial charge in [0.1, 0.15) is 0 Å². The third kappa shape index (κ3) is 2.47. The first-order chi connectivity index (χ1) is 8.11. The van der Waals surface area contributed by atoms with Crippen LogP contribution in [0.25, 0.3) is 0 Å². The van der Waals surface area contributed by atoms with Crippen molar-refractivity contribution in [2.45, 2.75) is 6.92 Å². The number of nitrogens with one attached hydrogen (secondary N) is 1. The van der Waals surface area contributed by atoms with Crippen LogP contribution in [0.5, 0.6) is 0 Å². The number of nitrogen functional groups attached to an aromatic ring is 1. The summed E-state index contributed by atoms with van der Waals surface area (Å²) in [4.78, 5) is 4.80. The van der Waals surface area contributed by atoms with E-state index in [2.05, 4.69) is 41.2 Å². The smallest absolute Gasteiger partial charge is 0.0592 e. The normalized spacial score (nSPS) is 17.2. The molecule has 4 nitrogen and oxygen atoms in total. The molecule has 4 heteroatoms. The largest absolute Gasteiger partial charge is 0.397 e. The molecular formula is C13H22N4. The fraction of sp³-hybridized carbons (Fsp3) is 0.538. The molecule has 0 unspecified atom stereocenters. The lowest BCUT2D eigenvalue weighted by atomic mass is 10.1. The first-order valence-electron chi connectivity index (χ1n) is 6.13. The lowest BCUT2D eigenvalue weighted by Gasteiger charge is -2.35. The summed E-state index contributed by atoms with van der Waals surface area (Å²) >= 11 is 0. The van der Waals surface area contributed by atoms with Gasteiger partial charge < -0.3 is 20.9 Å². The maximum atomic E-state index is 5.96. The van der Waals surface area contributed by atoms with Gasteiger partial charge in [-0.3, -0.25) is 0 Å². The highest BCUT2D eigenvalue weighted by atomic mass is 15.2. The number of aryl methyl sites for hydroxylation is 1. The summed E-state index contributed by atoms with van der Waals surface area (Å²) in [5, 5.41) is 3.15. The fourth-order valence-electron chi connectivity index (χ4n) is 2.32. The lowest BCUT2D eigenvalue weighted by Crippen LogP contribution is -2.44. The molecule has 0 radical (unpaired) electrons. The third-order valence-corrected chi connectivity index (χ3v) is 3.48. The molecule has 3 N–H and O–H groups in total. The van der Waals surface area contributed by atoms with Gasteiger partial charge in [0, 0.05) is 38.9 Å². The standard InChI is InChI=1S/C13H22N4/c1-10-8-11(14)12(15-2)9-13(10)17-6-4-16(3)5-7-17/h8-9,15H,4-7,14H2,1-3H3. The second kappa shape index (κ2) is 4.84. The van der Waals surface area contributed by atoms with Crippen LogP contribution in [0.3, 0.4) is 0 Å². The van der Waals surface area contributed by atoms with Crippen LogP contribution in [-0.2, 0) is 0 Å². The van der Waals surface area contributed by atoms with Gasteiger partial charge in [-0.2, -0.15) is 0 Å². The van der Waals surface area contributed by atoms with Crippen LogP contribution in [0.2, 0.25) is 0 Å². The van der Waals surface area contributed by atoms with Crippen molar-refractivity contribution in [1.29, 1.82) is 0 Å². The number of nitrogens with two attached hydrogens (primary N) is 1. The van der Waals surface area contributed by atoms with Gasteiger partial charge >= 0.3 is 0 Å². The van der Waals surface area contributed by atoms with Gasteiger partial charge in [0.25, 0.3) is 0 Å². The van der Waals surface area contributed by atoms with E-state index in [0.29, 0.717) is 0 Å². The molecule has 1 heterocycles. The fourth-order valence-corrected chi connectivity index (χ4v) is 2.32. The molecule has 0 aliphatic carbocycles. The van der Waals surface area contributed by atoms with E-state index < -0.39 is 0 Å². The minimum atomic E-state index is 0.822. The summed E-state index contributed by atoms with van der Waals surface area (Å²) in [5.74, 6) is 0. The number of hydrogen-bond donors (Lipinski definition) is 2. The number of hydrogen-bond acceptors (Lipinski definition) is 4. The summed E-state index contributed by atoms with van der Waals surface area (Å²) in [6, 6.07) is 4.22. The van der Waals surface area contributed by atoms with E-state index >= 15 is 0 Å². The molecule has 94 valence electrons. The van der Waals surface area contributed by atoms with Crippen LogP contribution in [0.1, 0.15) is 5.56 Å². The van der Waals surface area contributed by atoms with Crippen LogP contribution in [0, 0.1) is 6.92 Å². The van der Waals surface area contributed by atoms with Gasteiger partial charge in [0.15, 0.2) is 0 Å². The number of rotatable bonds is 2. The molecule has 0 amide bonds. The molecule has 0 saturated carbocycles. The van der Waals surface area contributed by atoms with E-state index in [4.69, 9.17) is 5.73 Å². The van der Waals surface area contributed by atoms with Crippen molar-refractivity contribution in [3.8, 4) is 0 Å². The zero-order chi connectivity index (χ0) is 12.4. The zero-order valence-electron chi connectivity index (χ0n) is 11.0. The molecule has 0 atom stereocenters. The SMILES string of the molecule is CNc1cc(N2CCN(C)CC2)c(C)cc1N. The van der Waals surface area contributed by atoms with Crippen molar-refractivity contribution in [3.05, 3.63) is 17.7 Å². The van der Waals surface area contributed by atoms with Gasteiger partial charge in [-0.05, 0) is 31.7 Å². The Kier molecular flexibility index (Phi) is 3.43. The Morgan fingerprint density at radius 3 is 2.41 bits per heavy atom. The predicted molar refractivity (Wildman–Crippen MR) is 74.8 cm³/mol. The average molecular weight is 234 g/mol. The van der Waals surface area contributed by atoms with E-state index in [9.17, 15) is 0 Å². The van der Waals surface area contributed by atoms with E-state index in [1.54, 1.807) is 0 Å². The van der Waals surface area contributed by atoms with Crippen molar-refractivity contribution in [1.82, 2.24) is 4.90 Å².